The molecule has 0 aliphatic heterocycles. The number of rotatable bonds is 8. The highest BCUT2D eigenvalue weighted by molar-refractivity contribution is 7.87. The highest BCUT2D eigenvalue weighted by Gasteiger charge is 2.20. The van der Waals surface area contributed by atoms with Crippen LogP contribution in [0.5, 0.6) is 0 Å². The molecule has 0 amide bonds. The lowest BCUT2D eigenvalue weighted by atomic mass is 10.0. The van der Waals surface area contributed by atoms with Crippen LogP contribution in [0.4, 0.5) is 15.8 Å². The SMILES string of the molecule is O=S(=O)(O)Nc1ccc(C[C@@H](c2csc(-c3cccs3)n2)N([O-])c2cccc(F)c2)cc1. The zero-order chi connectivity index (χ0) is 22.7. The van der Waals surface area contributed by atoms with Crippen molar-refractivity contribution in [2.24, 2.45) is 0 Å². The van der Waals surface area contributed by atoms with Crippen molar-refractivity contribution >= 4 is 44.4 Å². The Morgan fingerprint density at radius 3 is 2.56 bits per heavy atom. The van der Waals surface area contributed by atoms with E-state index in [1.807, 2.05) is 27.6 Å². The van der Waals surface area contributed by atoms with E-state index in [2.05, 4.69) is 4.98 Å². The van der Waals surface area contributed by atoms with Crippen molar-refractivity contribution in [3.63, 3.8) is 0 Å². The molecule has 0 spiro atoms. The Labute approximate surface area is 192 Å². The van der Waals surface area contributed by atoms with Gasteiger partial charge < -0.3 is 10.3 Å². The molecule has 2 heterocycles. The molecule has 0 radical (unpaired) electrons. The number of aromatic nitrogens is 1. The summed E-state index contributed by atoms with van der Waals surface area (Å²) in [5.41, 5.74) is 1.65. The molecule has 0 aliphatic carbocycles. The molecule has 2 aromatic heterocycles. The first-order chi connectivity index (χ1) is 15.3. The van der Waals surface area contributed by atoms with Gasteiger partial charge in [0.1, 0.15) is 10.8 Å². The summed E-state index contributed by atoms with van der Waals surface area (Å²) in [5, 5.41) is 18.5. The Morgan fingerprint density at radius 1 is 1.12 bits per heavy atom. The fourth-order valence-corrected chi connectivity index (χ4v) is 5.25. The summed E-state index contributed by atoms with van der Waals surface area (Å²) in [6, 6.07) is 14.8. The Morgan fingerprint density at radius 2 is 1.91 bits per heavy atom. The molecule has 0 bridgehead atoms. The van der Waals surface area contributed by atoms with Crippen molar-refractivity contribution in [2.75, 3.05) is 9.79 Å². The van der Waals surface area contributed by atoms with E-state index in [-0.39, 0.29) is 17.8 Å². The smallest absolute Gasteiger partial charge is 0.357 e. The second-order valence-corrected chi connectivity index (χ2v) is 9.81. The zero-order valence-electron chi connectivity index (χ0n) is 16.4. The summed E-state index contributed by atoms with van der Waals surface area (Å²) < 4.78 is 46.6. The third kappa shape index (κ3) is 5.50. The van der Waals surface area contributed by atoms with Gasteiger partial charge in [-0.15, -0.1) is 22.7 Å². The first-order valence-corrected chi connectivity index (χ1v) is 12.5. The number of thiophene rings is 1. The highest BCUT2D eigenvalue weighted by atomic mass is 32.2. The molecule has 2 aromatic carbocycles. The Hall–Kier alpha value is -2.83. The van der Waals surface area contributed by atoms with Gasteiger partial charge in [-0.05, 0) is 53.8 Å². The quantitative estimate of drug-likeness (QED) is 0.249. The summed E-state index contributed by atoms with van der Waals surface area (Å²) in [6.07, 6.45) is 0.250. The maximum atomic E-state index is 13.7. The molecule has 32 heavy (non-hydrogen) atoms. The van der Waals surface area contributed by atoms with Crippen LogP contribution in [0, 0.1) is 11.0 Å². The number of nitrogens with one attached hydrogen (secondary N) is 1. The monoisotopic (exact) mass is 490 g/mol. The summed E-state index contributed by atoms with van der Waals surface area (Å²) in [4.78, 5) is 5.64. The molecule has 0 fully saturated rings. The minimum Gasteiger partial charge on any atom is -0.758 e. The Kier molecular flexibility index (Phi) is 6.53. The van der Waals surface area contributed by atoms with Gasteiger partial charge >= 0.3 is 10.3 Å². The van der Waals surface area contributed by atoms with Crippen molar-refractivity contribution in [3.8, 4) is 9.88 Å². The second-order valence-electron chi connectivity index (χ2n) is 6.85. The molecule has 2 N–H and O–H groups in total. The minimum absolute atomic E-state index is 0.172. The maximum Gasteiger partial charge on any atom is 0.357 e. The van der Waals surface area contributed by atoms with Gasteiger partial charge in [-0.1, -0.05) is 24.3 Å². The molecular weight excluding hydrogens is 473 g/mol. The van der Waals surface area contributed by atoms with Crippen molar-refractivity contribution in [3.05, 3.63) is 93.7 Å². The number of anilines is 2. The Bertz CT molecular complexity index is 1290. The van der Waals surface area contributed by atoms with Crippen LogP contribution in [-0.2, 0) is 16.7 Å². The van der Waals surface area contributed by atoms with Crippen LogP contribution >= 0.6 is 22.7 Å². The van der Waals surface area contributed by atoms with Crippen molar-refractivity contribution in [1.29, 1.82) is 0 Å². The first-order valence-electron chi connectivity index (χ1n) is 9.34. The van der Waals surface area contributed by atoms with E-state index in [0.717, 1.165) is 20.5 Å². The molecule has 0 unspecified atom stereocenters. The van der Waals surface area contributed by atoms with Crippen molar-refractivity contribution in [1.82, 2.24) is 4.98 Å². The average Bonchev–Trinajstić information content (AvgIpc) is 3.43. The summed E-state index contributed by atoms with van der Waals surface area (Å²) in [6.45, 7) is 0. The van der Waals surface area contributed by atoms with Crippen LogP contribution in [-0.4, -0.2) is 18.0 Å². The number of thiazole rings is 1. The van der Waals surface area contributed by atoms with Gasteiger partial charge in [0.15, 0.2) is 0 Å². The van der Waals surface area contributed by atoms with E-state index in [0.29, 0.717) is 5.69 Å². The normalized spacial score (nSPS) is 12.5. The number of hydroxylamine groups is 1. The first kappa shape index (κ1) is 22.4. The molecule has 4 rings (SSSR count). The van der Waals surface area contributed by atoms with Crippen LogP contribution in [0.2, 0.25) is 0 Å². The van der Waals surface area contributed by atoms with E-state index >= 15 is 0 Å². The van der Waals surface area contributed by atoms with E-state index in [9.17, 15) is 18.0 Å². The van der Waals surface area contributed by atoms with Crippen molar-refractivity contribution < 1.29 is 17.4 Å². The molecule has 7 nitrogen and oxygen atoms in total. The summed E-state index contributed by atoms with van der Waals surface area (Å²) in [5.74, 6) is -0.514. The Balaban J connectivity index is 1.64. The number of hydrogen-bond acceptors (Lipinski definition) is 7. The van der Waals surface area contributed by atoms with Crippen LogP contribution in [0.1, 0.15) is 17.3 Å². The van der Waals surface area contributed by atoms with E-state index in [1.165, 1.54) is 47.7 Å². The van der Waals surface area contributed by atoms with Gasteiger partial charge in [-0.3, -0.25) is 9.27 Å². The number of nitrogens with zero attached hydrogens (tertiary/aromatic N) is 2. The van der Waals surface area contributed by atoms with Crippen LogP contribution in [0.25, 0.3) is 9.88 Å². The number of hydrogen-bond donors (Lipinski definition) is 2. The maximum absolute atomic E-state index is 13.7. The van der Waals surface area contributed by atoms with E-state index < -0.39 is 22.2 Å². The fraction of sp³-hybridized carbons (Fsp3) is 0.0952. The van der Waals surface area contributed by atoms with Crippen molar-refractivity contribution in [2.45, 2.75) is 12.5 Å². The van der Waals surface area contributed by atoms with Gasteiger partial charge in [0.2, 0.25) is 0 Å². The third-order valence-corrected chi connectivity index (χ3v) is 6.96. The molecule has 4 aromatic rings. The summed E-state index contributed by atoms with van der Waals surface area (Å²) in [7, 11) is -4.38. The lowest BCUT2D eigenvalue weighted by Gasteiger charge is -2.38. The van der Waals surface area contributed by atoms with Gasteiger partial charge in [-0.2, -0.15) is 8.42 Å². The molecule has 0 aliphatic rings. The average molecular weight is 491 g/mol. The summed E-state index contributed by atoms with van der Waals surface area (Å²) >= 11 is 2.97. The highest BCUT2D eigenvalue weighted by Crippen LogP contribution is 2.34. The zero-order valence-corrected chi connectivity index (χ0v) is 18.8. The molecular formula is C21H17FN3O4S3-. The lowest BCUT2D eigenvalue weighted by molar-refractivity contribution is 0.489. The largest absolute Gasteiger partial charge is 0.758 e. The topological polar surface area (TPSA) is 106 Å². The predicted molar refractivity (Wildman–Crippen MR) is 126 cm³/mol. The lowest BCUT2D eigenvalue weighted by Crippen LogP contribution is -2.25. The van der Waals surface area contributed by atoms with E-state index in [1.54, 1.807) is 23.5 Å². The van der Waals surface area contributed by atoms with Crippen LogP contribution < -0.4 is 9.79 Å². The van der Waals surface area contributed by atoms with Crippen LogP contribution in [0.3, 0.4) is 0 Å². The van der Waals surface area contributed by atoms with Gasteiger partial charge in [-0.25, -0.2) is 9.37 Å². The minimum atomic E-state index is -4.38. The second kappa shape index (κ2) is 9.35. The standard InChI is InChI=1S/C21H17FN3O4S3/c22-15-3-1-4-17(12-15)25(26)19(18-13-31-21(23-18)20-5-2-10-30-20)11-14-6-8-16(9-7-14)24-32(27,28)29/h1-10,12-13,19,24H,11H2,(H,27,28,29)/q-1/t19-/m0/s1. The van der Waals surface area contributed by atoms with E-state index in [4.69, 9.17) is 4.55 Å². The fourth-order valence-electron chi connectivity index (χ4n) is 3.13. The molecule has 0 saturated carbocycles. The third-order valence-electron chi connectivity index (χ3n) is 4.57. The van der Waals surface area contributed by atoms with Crippen LogP contribution in [0.15, 0.2) is 71.4 Å². The molecule has 1 atom stereocenters. The number of benzene rings is 2. The molecule has 166 valence electrons. The van der Waals surface area contributed by atoms with Gasteiger partial charge in [0.05, 0.1) is 22.3 Å². The molecule has 11 heteroatoms. The number of halogens is 1. The van der Waals surface area contributed by atoms with Gasteiger partial charge in [0, 0.05) is 11.1 Å². The predicted octanol–water partition coefficient (Wildman–Crippen LogP) is 5.51. The van der Waals surface area contributed by atoms with Gasteiger partial charge in [0.25, 0.3) is 0 Å². The molecule has 0 saturated heterocycles.